The highest BCUT2D eigenvalue weighted by Gasteiger charge is 2.14. The number of H-pyrrole nitrogens is 1. The Labute approximate surface area is 105 Å². The smallest absolute Gasteiger partial charge is 0.340 e. The van der Waals surface area contributed by atoms with Crippen molar-refractivity contribution >= 4 is 12.3 Å². The van der Waals surface area contributed by atoms with Gasteiger partial charge in [-0.05, 0) is 18.1 Å². The van der Waals surface area contributed by atoms with E-state index in [2.05, 4.69) is 4.98 Å². The van der Waals surface area contributed by atoms with Crippen LogP contribution in [0.5, 0.6) is 0 Å². The number of aromatic nitrogens is 1. The topological polar surface area (TPSA) is 59.2 Å². The molecule has 4 nitrogen and oxygen atoms in total. The van der Waals surface area contributed by atoms with E-state index in [4.69, 9.17) is 4.74 Å². The van der Waals surface area contributed by atoms with Crippen LogP contribution in [0.4, 0.5) is 0 Å². The summed E-state index contributed by atoms with van der Waals surface area (Å²) in [6, 6.07) is 9.44. The van der Waals surface area contributed by atoms with Crippen LogP contribution in [-0.2, 0) is 11.3 Å². The number of nitrogens with one attached hydrogen (secondary N) is 1. The summed E-state index contributed by atoms with van der Waals surface area (Å²) in [5.41, 5.74) is 2.34. The van der Waals surface area contributed by atoms with Gasteiger partial charge in [-0.1, -0.05) is 30.3 Å². The van der Waals surface area contributed by atoms with Gasteiger partial charge in [-0.3, -0.25) is 4.79 Å². The van der Waals surface area contributed by atoms with Gasteiger partial charge in [-0.25, -0.2) is 4.79 Å². The molecule has 0 atom stereocenters. The molecule has 1 N–H and O–H groups in total. The molecule has 0 bridgehead atoms. The molecule has 0 fully saturated rings. The van der Waals surface area contributed by atoms with Crippen LogP contribution < -0.4 is 0 Å². The summed E-state index contributed by atoms with van der Waals surface area (Å²) >= 11 is 0. The van der Waals surface area contributed by atoms with Crippen LogP contribution in [0.25, 0.3) is 0 Å². The monoisotopic (exact) mass is 243 g/mol. The Balaban J connectivity index is 2.04. The van der Waals surface area contributed by atoms with Crippen molar-refractivity contribution in [3.8, 4) is 0 Å². The van der Waals surface area contributed by atoms with Gasteiger partial charge in [0.1, 0.15) is 6.61 Å². The highest BCUT2D eigenvalue weighted by Crippen LogP contribution is 2.13. The lowest BCUT2D eigenvalue weighted by molar-refractivity contribution is 0.0472. The van der Waals surface area contributed by atoms with Gasteiger partial charge in [0.15, 0.2) is 6.29 Å². The Bertz CT molecular complexity index is 558. The first kappa shape index (κ1) is 12.1. The quantitative estimate of drug-likeness (QED) is 0.663. The van der Waals surface area contributed by atoms with Gasteiger partial charge in [0, 0.05) is 6.20 Å². The van der Waals surface area contributed by atoms with E-state index in [1.807, 2.05) is 30.3 Å². The minimum atomic E-state index is -0.430. The van der Waals surface area contributed by atoms with Crippen LogP contribution in [0.2, 0.25) is 0 Å². The van der Waals surface area contributed by atoms with Gasteiger partial charge in [-0.2, -0.15) is 0 Å². The zero-order chi connectivity index (χ0) is 13.0. The van der Waals surface area contributed by atoms with Crippen molar-refractivity contribution in [3.63, 3.8) is 0 Å². The number of carbonyl (C=O) groups is 2. The largest absolute Gasteiger partial charge is 0.457 e. The third-order valence-electron chi connectivity index (χ3n) is 2.73. The van der Waals surface area contributed by atoms with E-state index in [1.165, 1.54) is 6.20 Å². The van der Waals surface area contributed by atoms with Crippen LogP contribution in [0.15, 0.2) is 36.5 Å². The molecule has 0 aliphatic heterocycles. The molecule has 2 rings (SSSR count). The summed E-state index contributed by atoms with van der Waals surface area (Å²) in [5, 5.41) is 0. The molecule has 0 saturated heterocycles. The summed E-state index contributed by atoms with van der Waals surface area (Å²) in [6.45, 7) is 1.93. The number of ether oxygens (including phenoxy) is 1. The SMILES string of the molecule is Cc1c(C(=O)OCc2ccccc2)c[nH]c1C=O. The van der Waals surface area contributed by atoms with E-state index >= 15 is 0 Å². The summed E-state index contributed by atoms with van der Waals surface area (Å²) in [7, 11) is 0. The van der Waals surface area contributed by atoms with Crippen molar-refractivity contribution in [2.24, 2.45) is 0 Å². The Morgan fingerprint density at radius 1 is 1.33 bits per heavy atom. The molecule has 1 aromatic heterocycles. The number of aromatic amines is 1. The molecular weight excluding hydrogens is 230 g/mol. The number of esters is 1. The number of carbonyl (C=O) groups excluding carboxylic acids is 2. The molecule has 18 heavy (non-hydrogen) atoms. The maximum Gasteiger partial charge on any atom is 0.340 e. The summed E-state index contributed by atoms with van der Waals surface area (Å²) in [4.78, 5) is 25.2. The number of hydrogen-bond donors (Lipinski definition) is 1. The van der Waals surface area contributed by atoms with E-state index in [0.717, 1.165) is 5.56 Å². The highest BCUT2D eigenvalue weighted by atomic mass is 16.5. The van der Waals surface area contributed by atoms with Crippen molar-refractivity contribution < 1.29 is 14.3 Å². The molecule has 0 radical (unpaired) electrons. The lowest BCUT2D eigenvalue weighted by atomic mass is 10.2. The molecule has 1 heterocycles. The van der Waals surface area contributed by atoms with Crippen molar-refractivity contribution in [1.29, 1.82) is 0 Å². The second-order valence-corrected chi connectivity index (χ2v) is 3.92. The van der Waals surface area contributed by atoms with Crippen LogP contribution in [0.1, 0.15) is 32.0 Å². The third-order valence-corrected chi connectivity index (χ3v) is 2.73. The first-order valence-corrected chi connectivity index (χ1v) is 5.56. The molecule has 4 heteroatoms. The van der Waals surface area contributed by atoms with Crippen molar-refractivity contribution in [2.75, 3.05) is 0 Å². The van der Waals surface area contributed by atoms with Gasteiger partial charge in [0.2, 0.25) is 0 Å². The van der Waals surface area contributed by atoms with Crippen molar-refractivity contribution in [1.82, 2.24) is 4.98 Å². The predicted octanol–water partition coefficient (Wildman–Crippen LogP) is 2.49. The molecule has 0 unspecified atom stereocenters. The average molecular weight is 243 g/mol. The van der Waals surface area contributed by atoms with Gasteiger partial charge in [0.25, 0.3) is 0 Å². The lowest BCUT2D eigenvalue weighted by Crippen LogP contribution is -2.05. The highest BCUT2D eigenvalue weighted by molar-refractivity contribution is 5.93. The fourth-order valence-corrected chi connectivity index (χ4v) is 1.65. The molecule has 0 saturated carbocycles. The normalized spacial score (nSPS) is 10.1. The van der Waals surface area contributed by atoms with Crippen LogP contribution in [0.3, 0.4) is 0 Å². The van der Waals surface area contributed by atoms with E-state index in [9.17, 15) is 9.59 Å². The molecule has 0 aliphatic carbocycles. The van der Waals surface area contributed by atoms with Crippen LogP contribution >= 0.6 is 0 Å². The van der Waals surface area contributed by atoms with Gasteiger partial charge in [-0.15, -0.1) is 0 Å². The lowest BCUT2D eigenvalue weighted by Gasteiger charge is -2.04. The standard InChI is InChI=1S/C14H13NO3/c1-10-12(7-15-13(10)8-16)14(17)18-9-11-5-3-2-4-6-11/h2-8,15H,9H2,1H3. The summed E-state index contributed by atoms with van der Waals surface area (Å²) in [5.74, 6) is -0.430. The molecule has 0 amide bonds. The van der Waals surface area contributed by atoms with E-state index in [-0.39, 0.29) is 6.61 Å². The summed E-state index contributed by atoms with van der Waals surface area (Å²) in [6.07, 6.45) is 2.18. The minimum absolute atomic E-state index is 0.223. The fourth-order valence-electron chi connectivity index (χ4n) is 1.65. The predicted molar refractivity (Wildman–Crippen MR) is 66.5 cm³/mol. The molecule has 0 spiro atoms. The first-order valence-electron chi connectivity index (χ1n) is 5.56. The molecule has 1 aromatic carbocycles. The second kappa shape index (κ2) is 5.31. The minimum Gasteiger partial charge on any atom is -0.457 e. The van der Waals surface area contributed by atoms with E-state index < -0.39 is 5.97 Å². The van der Waals surface area contributed by atoms with E-state index in [1.54, 1.807) is 6.92 Å². The summed E-state index contributed by atoms with van der Waals surface area (Å²) < 4.78 is 5.18. The Morgan fingerprint density at radius 2 is 2.06 bits per heavy atom. The number of aldehydes is 1. The van der Waals surface area contributed by atoms with Crippen molar-refractivity contribution in [2.45, 2.75) is 13.5 Å². The van der Waals surface area contributed by atoms with Crippen LogP contribution in [0, 0.1) is 6.92 Å². The van der Waals surface area contributed by atoms with Gasteiger partial charge in [0.05, 0.1) is 11.3 Å². The maximum atomic E-state index is 11.8. The molecule has 2 aromatic rings. The van der Waals surface area contributed by atoms with Gasteiger partial charge >= 0.3 is 5.97 Å². The molecular formula is C14H13NO3. The first-order chi connectivity index (χ1) is 8.72. The molecule has 0 aliphatic rings. The Morgan fingerprint density at radius 3 is 2.67 bits per heavy atom. The number of benzene rings is 1. The maximum absolute atomic E-state index is 11.8. The van der Waals surface area contributed by atoms with Crippen LogP contribution in [-0.4, -0.2) is 17.2 Å². The number of rotatable bonds is 4. The Hall–Kier alpha value is -2.36. The zero-order valence-electron chi connectivity index (χ0n) is 9.97. The zero-order valence-corrected chi connectivity index (χ0v) is 9.97. The second-order valence-electron chi connectivity index (χ2n) is 3.92. The van der Waals surface area contributed by atoms with Crippen molar-refractivity contribution in [3.05, 3.63) is 58.9 Å². The number of hydrogen-bond acceptors (Lipinski definition) is 3. The van der Waals surface area contributed by atoms with E-state index in [0.29, 0.717) is 23.1 Å². The fraction of sp³-hybridized carbons (Fsp3) is 0.143. The molecule has 92 valence electrons. The third kappa shape index (κ3) is 2.48. The average Bonchev–Trinajstić information content (AvgIpc) is 2.78. The van der Waals surface area contributed by atoms with Gasteiger partial charge < -0.3 is 9.72 Å². The Kier molecular flexibility index (Phi) is 3.57.